The highest BCUT2D eigenvalue weighted by molar-refractivity contribution is 7.15. The van der Waals surface area contributed by atoms with E-state index in [1.165, 1.54) is 23.5 Å². The number of aryl methyl sites for hydroxylation is 2. The van der Waals surface area contributed by atoms with Crippen LogP contribution in [0, 0.1) is 6.92 Å². The number of nitrogens with zero attached hydrogens (tertiary/aromatic N) is 2. The van der Waals surface area contributed by atoms with E-state index in [2.05, 4.69) is 4.98 Å². The summed E-state index contributed by atoms with van der Waals surface area (Å²) in [6.45, 7) is 2.38. The van der Waals surface area contributed by atoms with Crippen molar-refractivity contribution in [3.8, 4) is 10.6 Å². The maximum absolute atomic E-state index is 12.8. The molecule has 1 N–H and O–H groups in total. The minimum atomic E-state index is -4.38. The van der Waals surface area contributed by atoms with Crippen LogP contribution in [0.2, 0.25) is 5.02 Å². The van der Waals surface area contributed by atoms with Crippen LogP contribution in [0.25, 0.3) is 21.5 Å². The summed E-state index contributed by atoms with van der Waals surface area (Å²) >= 11 is 7.58. The van der Waals surface area contributed by atoms with E-state index in [0.29, 0.717) is 28.6 Å². The van der Waals surface area contributed by atoms with E-state index in [1.54, 1.807) is 6.07 Å². The molecule has 9 heteroatoms. The summed E-state index contributed by atoms with van der Waals surface area (Å²) in [5.41, 5.74) is 2.56. The maximum Gasteiger partial charge on any atom is 0.416 e. The van der Waals surface area contributed by atoms with Crippen molar-refractivity contribution in [3.05, 3.63) is 75.4 Å². The highest BCUT2D eigenvalue weighted by atomic mass is 35.5. The zero-order valence-electron chi connectivity index (χ0n) is 16.9. The number of carbonyl (C=O) groups is 1. The molecule has 2 heterocycles. The molecule has 0 fully saturated rings. The average Bonchev–Trinajstić information content (AvgIpc) is 3.26. The molecule has 4 aromatic rings. The van der Waals surface area contributed by atoms with E-state index >= 15 is 0 Å². The van der Waals surface area contributed by atoms with Crippen LogP contribution in [0.4, 0.5) is 13.2 Å². The number of aliphatic carboxylic acids is 1. The largest absolute Gasteiger partial charge is 0.481 e. The van der Waals surface area contributed by atoms with Crippen molar-refractivity contribution in [2.75, 3.05) is 0 Å². The molecule has 0 radical (unpaired) electrons. The molecule has 0 aliphatic carbocycles. The Hall–Kier alpha value is -2.84. The van der Waals surface area contributed by atoms with Crippen molar-refractivity contribution in [3.63, 3.8) is 0 Å². The fraction of sp³-hybridized carbons (Fsp3) is 0.217. The zero-order chi connectivity index (χ0) is 23.0. The van der Waals surface area contributed by atoms with E-state index in [-0.39, 0.29) is 6.42 Å². The molecule has 0 atom stereocenters. The van der Waals surface area contributed by atoms with Gasteiger partial charge in [-0.2, -0.15) is 13.2 Å². The van der Waals surface area contributed by atoms with E-state index in [4.69, 9.17) is 16.7 Å². The van der Waals surface area contributed by atoms with Gasteiger partial charge in [0.2, 0.25) is 0 Å². The third-order valence-corrected chi connectivity index (χ3v) is 6.63. The smallest absolute Gasteiger partial charge is 0.416 e. The number of rotatable bonds is 6. The first-order valence-electron chi connectivity index (χ1n) is 9.75. The number of aromatic nitrogens is 2. The predicted molar refractivity (Wildman–Crippen MR) is 119 cm³/mol. The summed E-state index contributed by atoms with van der Waals surface area (Å²) in [6.07, 6.45) is -2.04. The minimum Gasteiger partial charge on any atom is -0.481 e. The van der Waals surface area contributed by atoms with Gasteiger partial charge in [0.15, 0.2) is 0 Å². The summed E-state index contributed by atoms with van der Waals surface area (Å²) < 4.78 is 40.5. The second kappa shape index (κ2) is 8.60. The van der Waals surface area contributed by atoms with Crippen LogP contribution >= 0.6 is 22.9 Å². The third kappa shape index (κ3) is 4.66. The average molecular weight is 479 g/mol. The Bertz CT molecular complexity index is 1290. The van der Waals surface area contributed by atoms with Crippen molar-refractivity contribution >= 4 is 39.8 Å². The Morgan fingerprint density at radius 1 is 1.19 bits per heavy atom. The van der Waals surface area contributed by atoms with Gasteiger partial charge >= 0.3 is 12.1 Å². The monoisotopic (exact) mass is 478 g/mol. The number of benzene rings is 2. The Morgan fingerprint density at radius 3 is 2.56 bits per heavy atom. The van der Waals surface area contributed by atoms with E-state index in [0.717, 1.165) is 39.2 Å². The topological polar surface area (TPSA) is 55.1 Å². The molecule has 0 spiro atoms. The second-order valence-electron chi connectivity index (χ2n) is 7.44. The van der Waals surface area contributed by atoms with Gasteiger partial charge in [-0.3, -0.25) is 4.79 Å². The van der Waals surface area contributed by atoms with E-state index in [1.807, 2.05) is 29.8 Å². The number of hydrogen-bond acceptors (Lipinski definition) is 3. The molecule has 0 aliphatic heterocycles. The molecule has 4 rings (SSSR count). The second-order valence-corrected chi connectivity index (χ2v) is 8.96. The minimum absolute atomic E-state index is 0.0171. The zero-order valence-corrected chi connectivity index (χ0v) is 18.5. The van der Waals surface area contributed by atoms with Gasteiger partial charge in [-0.15, -0.1) is 11.3 Å². The molecule has 0 saturated heterocycles. The summed E-state index contributed by atoms with van der Waals surface area (Å²) in [5, 5.41) is 11.2. The first kappa shape index (κ1) is 22.4. The van der Waals surface area contributed by atoms with Gasteiger partial charge in [0.25, 0.3) is 0 Å². The highest BCUT2D eigenvalue weighted by Gasteiger charge is 2.30. The number of hydrogen-bond donors (Lipinski definition) is 1. The third-order valence-electron chi connectivity index (χ3n) is 5.20. The van der Waals surface area contributed by atoms with Crippen molar-refractivity contribution in [1.82, 2.24) is 9.55 Å². The molecule has 0 amide bonds. The van der Waals surface area contributed by atoms with Gasteiger partial charge in [-0.05, 0) is 49.2 Å². The van der Waals surface area contributed by atoms with Crippen molar-refractivity contribution in [2.45, 2.75) is 32.5 Å². The molecule has 4 nitrogen and oxygen atoms in total. The lowest BCUT2D eigenvalue weighted by atomic mass is 10.1. The molecule has 0 bridgehead atoms. The van der Waals surface area contributed by atoms with Gasteiger partial charge in [-0.25, -0.2) is 4.98 Å². The first-order valence-corrected chi connectivity index (χ1v) is 10.9. The normalized spacial score (nSPS) is 11.9. The summed E-state index contributed by atoms with van der Waals surface area (Å²) in [7, 11) is 0. The van der Waals surface area contributed by atoms with Crippen molar-refractivity contribution < 1.29 is 23.1 Å². The number of thiazole rings is 1. The van der Waals surface area contributed by atoms with Gasteiger partial charge in [-0.1, -0.05) is 23.7 Å². The van der Waals surface area contributed by atoms with Crippen LogP contribution in [-0.4, -0.2) is 20.6 Å². The van der Waals surface area contributed by atoms with Gasteiger partial charge < -0.3 is 9.67 Å². The van der Waals surface area contributed by atoms with E-state index in [9.17, 15) is 18.0 Å². The van der Waals surface area contributed by atoms with Crippen LogP contribution in [-0.2, 0) is 23.9 Å². The number of fused-ring (bicyclic) bond motifs is 1. The summed E-state index contributed by atoms with van der Waals surface area (Å²) in [4.78, 5) is 16.6. The first-order chi connectivity index (χ1) is 15.1. The molecule has 0 aliphatic rings. The lowest BCUT2D eigenvalue weighted by molar-refractivity contribution is -0.138. The van der Waals surface area contributed by atoms with Crippen molar-refractivity contribution in [2.24, 2.45) is 0 Å². The highest BCUT2D eigenvalue weighted by Crippen LogP contribution is 2.34. The molecule has 32 heavy (non-hydrogen) atoms. The number of carboxylic acid groups (broad SMARTS) is 1. The van der Waals surface area contributed by atoms with Crippen LogP contribution in [0.5, 0.6) is 0 Å². The lowest BCUT2D eigenvalue weighted by Gasteiger charge is -2.06. The predicted octanol–water partition coefficient (Wildman–Crippen LogP) is 6.81. The lowest BCUT2D eigenvalue weighted by Crippen LogP contribution is -2.03. The quantitative estimate of drug-likeness (QED) is 0.331. The number of carboxylic acids is 1. The molecular weight excluding hydrogens is 461 g/mol. The Morgan fingerprint density at radius 2 is 1.91 bits per heavy atom. The van der Waals surface area contributed by atoms with E-state index < -0.39 is 17.7 Å². The van der Waals surface area contributed by atoms with Crippen LogP contribution in [0.1, 0.15) is 28.1 Å². The molecule has 166 valence electrons. The SMILES string of the molecule is Cc1nc(-c2ccc(C(F)(F)F)cc2)sc1Cn1cc(CCC(=O)O)c2cc(Cl)ccc21. The summed E-state index contributed by atoms with van der Waals surface area (Å²) in [5.74, 6) is -0.868. The summed E-state index contributed by atoms with van der Waals surface area (Å²) in [6, 6.07) is 10.5. The molecule has 0 unspecified atom stereocenters. The Labute approximate surface area is 190 Å². The van der Waals surface area contributed by atoms with Gasteiger partial charge in [0.05, 0.1) is 17.8 Å². The number of halogens is 4. The maximum atomic E-state index is 12.8. The number of alkyl halides is 3. The van der Waals surface area contributed by atoms with Crippen LogP contribution in [0.3, 0.4) is 0 Å². The molecule has 2 aromatic carbocycles. The molecule has 2 aromatic heterocycles. The standard InChI is InChI=1S/C23H18ClF3N2O2S/c1-13-20(32-22(28-13)14-2-5-16(6-3-14)23(25,26)27)12-29-11-15(4-9-21(30)31)18-10-17(24)7-8-19(18)29/h2-3,5-8,10-11H,4,9,12H2,1H3,(H,30,31). The molecular formula is C23H18ClF3N2O2S. The fourth-order valence-electron chi connectivity index (χ4n) is 3.57. The molecule has 0 saturated carbocycles. The Balaban J connectivity index is 1.65. The van der Waals surface area contributed by atoms with Crippen LogP contribution in [0.15, 0.2) is 48.7 Å². The fourth-order valence-corrected chi connectivity index (χ4v) is 4.81. The van der Waals surface area contributed by atoms with Crippen molar-refractivity contribution in [1.29, 1.82) is 0 Å². The van der Waals surface area contributed by atoms with Crippen LogP contribution < -0.4 is 0 Å². The van der Waals surface area contributed by atoms with Gasteiger partial charge in [0, 0.05) is 39.0 Å². The Kier molecular flexibility index (Phi) is 6.01. The van der Waals surface area contributed by atoms with Gasteiger partial charge in [0.1, 0.15) is 5.01 Å².